The minimum absolute atomic E-state index is 0.119. The van der Waals surface area contributed by atoms with Gasteiger partial charge in [-0.15, -0.1) is 0 Å². The van der Waals surface area contributed by atoms with Gasteiger partial charge in [-0.1, -0.05) is 18.6 Å². The molecule has 2 rings (SSSR count). The van der Waals surface area contributed by atoms with Crippen LogP contribution in [-0.4, -0.2) is 52.6 Å². The second-order valence-corrected chi connectivity index (χ2v) is 5.72. The van der Waals surface area contributed by atoms with Gasteiger partial charge in [0.1, 0.15) is 6.04 Å². The van der Waals surface area contributed by atoms with E-state index in [9.17, 15) is 14.7 Å². The maximum absolute atomic E-state index is 12.5. The molecule has 106 valence electrons. The summed E-state index contributed by atoms with van der Waals surface area (Å²) >= 11 is 0. The zero-order valence-corrected chi connectivity index (χ0v) is 11.6. The molecule has 0 aliphatic carbocycles. The van der Waals surface area contributed by atoms with Crippen molar-refractivity contribution in [2.75, 3.05) is 19.6 Å². The van der Waals surface area contributed by atoms with E-state index in [-0.39, 0.29) is 6.03 Å². The summed E-state index contributed by atoms with van der Waals surface area (Å²) in [5, 5.41) is 9.30. The third-order valence-corrected chi connectivity index (χ3v) is 4.00. The van der Waals surface area contributed by atoms with Gasteiger partial charge in [-0.2, -0.15) is 0 Å². The van der Waals surface area contributed by atoms with Crippen molar-refractivity contribution < 1.29 is 14.7 Å². The Morgan fingerprint density at radius 3 is 2.74 bits per heavy atom. The maximum atomic E-state index is 12.5. The van der Waals surface area contributed by atoms with E-state index < -0.39 is 12.0 Å². The number of hydrogen-bond acceptors (Lipinski definition) is 2. The smallest absolute Gasteiger partial charge is 0.326 e. The first kappa shape index (κ1) is 13.9. The number of hydrogen-bond donors (Lipinski definition) is 1. The van der Waals surface area contributed by atoms with Gasteiger partial charge in [0.05, 0.1) is 0 Å². The number of carbonyl (C=O) groups excluding carboxylic acids is 1. The van der Waals surface area contributed by atoms with Crippen LogP contribution in [0.3, 0.4) is 0 Å². The zero-order valence-electron chi connectivity index (χ0n) is 11.6. The van der Waals surface area contributed by atoms with Gasteiger partial charge in [0, 0.05) is 19.6 Å². The van der Waals surface area contributed by atoms with Crippen molar-refractivity contribution in [2.45, 2.75) is 39.2 Å². The van der Waals surface area contributed by atoms with Crippen molar-refractivity contribution in [1.82, 2.24) is 9.80 Å². The molecule has 0 aromatic rings. The van der Waals surface area contributed by atoms with Gasteiger partial charge in [-0.3, -0.25) is 0 Å². The molecule has 0 spiro atoms. The molecule has 1 fully saturated rings. The van der Waals surface area contributed by atoms with Crippen LogP contribution in [0.4, 0.5) is 4.79 Å². The van der Waals surface area contributed by atoms with E-state index >= 15 is 0 Å². The molecular weight excluding hydrogens is 244 g/mol. The topological polar surface area (TPSA) is 60.9 Å². The molecule has 2 heterocycles. The van der Waals surface area contributed by atoms with Crippen molar-refractivity contribution in [3.8, 4) is 0 Å². The number of urea groups is 1. The fourth-order valence-electron chi connectivity index (χ4n) is 2.86. The molecule has 1 N–H and O–H groups in total. The fraction of sp³-hybridized carbons (Fsp3) is 0.714. The third-order valence-electron chi connectivity index (χ3n) is 4.00. The molecule has 1 saturated heterocycles. The summed E-state index contributed by atoms with van der Waals surface area (Å²) in [6, 6.07) is -0.783. The van der Waals surface area contributed by atoms with Crippen LogP contribution in [0.5, 0.6) is 0 Å². The van der Waals surface area contributed by atoms with Crippen LogP contribution in [0, 0.1) is 5.92 Å². The molecule has 2 atom stereocenters. The number of amides is 2. The summed E-state index contributed by atoms with van der Waals surface area (Å²) in [5.74, 6) is -0.516. The third kappa shape index (κ3) is 3.08. The molecule has 5 heteroatoms. The molecule has 0 radical (unpaired) electrons. The SMILES string of the molecule is CC1=CCCN(C(=O)N2CCC(C)CC2C(=O)O)C1. The zero-order chi connectivity index (χ0) is 14.0. The lowest BCUT2D eigenvalue weighted by Crippen LogP contribution is -2.55. The van der Waals surface area contributed by atoms with Gasteiger partial charge in [0.2, 0.25) is 0 Å². The molecule has 2 aliphatic rings. The lowest BCUT2D eigenvalue weighted by Gasteiger charge is -2.39. The van der Waals surface area contributed by atoms with Crippen molar-refractivity contribution in [3.05, 3.63) is 11.6 Å². The summed E-state index contributed by atoms with van der Waals surface area (Å²) in [6.45, 7) is 5.92. The van der Waals surface area contributed by atoms with Crippen LogP contribution in [-0.2, 0) is 4.79 Å². The van der Waals surface area contributed by atoms with Crippen molar-refractivity contribution in [2.24, 2.45) is 5.92 Å². The quantitative estimate of drug-likeness (QED) is 0.738. The van der Waals surface area contributed by atoms with E-state index in [0.717, 1.165) is 12.8 Å². The van der Waals surface area contributed by atoms with Crippen LogP contribution in [0.25, 0.3) is 0 Å². The first-order chi connectivity index (χ1) is 8.99. The van der Waals surface area contributed by atoms with Crippen molar-refractivity contribution in [1.29, 1.82) is 0 Å². The van der Waals surface area contributed by atoms with E-state index in [1.165, 1.54) is 5.57 Å². The summed E-state index contributed by atoms with van der Waals surface area (Å²) in [4.78, 5) is 27.1. The van der Waals surface area contributed by atoms with E-state index in [1.807, 2.05) is 13.8 Å². The molecule has 0 aromatic carbocycles. The molecule has 0 aromatic heterocycles. The Kier molecular flexibility index (Phi) is 4.12. The van der Waals surface area contributed by atoms with Crippen LogP contribution in [0.15, 0.2) is 11.6 Å². The minimum atomic E-state index is -0.885. The van der Waals surface area contributed by atoms with Gasteiger partial charge < -0.3 is 14.9 Å². The van der Waals surface area contributed by atoms with Gasteiger partial charge >= 0.3 is 12.0 Å². The average Bonchev–Trinajstić information content (AvgIpc) is 2.37. The molecular formula is C14H22N2O3. The molecule has 5 nitrogen and oxygen atoms in total. The minimum Gasteiger partial charge on any atom is -0.480 e. The van der Waals surface area contributed by atoms with Crippen molar-refractivity contribution >= 4 is 12.0 Å². The predicted octanol–water partition coefficient (Wildman–Crippen LogP) is 1.94. The largest absolute Gasteiger partial charge is 0.480 e. The molecule has 2 unspecified atom stereocenters. The monoisotopic (exact) mass is 266 g/mol. The standard InChI is InChI=1S/C14H22N2O3/c1-10-5-7-16(12(8-10)13(17)18)14(19)15-6-3-4-11(2)9-15/h4,10,12H,3,5-9H2,1-2H3,(H,17,18). The summed E-state index contributed by atoms with van der Waals surface area (Å²) < 4.78 is 0. The summed E-state index contributed by atoms with van der Waals surface area (Å²) in [7, 11) is 0. The van der Waals surface area contributed by atoms with Crippen LogP contribution in [0.2, 0.25) is 0 Å². The maximum Gasteiger partial charge on any atom is 0.326 e. The first-order valence-electron chi connectivity index (χ1n) is 6.93. The van der Waals surface area contributed by atoms with Gasteiger partial charge in [-0.25, -0.2) is 9.59 Å². The number of carboxylic acid groups (broad SMARTS) is 1. The van der Waals surface area contributed by atoms with Gasteiger partial charge in [0.15, 0.2) is 0 Å². The molecule has 2 aliphatic heterocycles. The number of nitrogens with zero attached hydrogens (tertiary/aromatic N) is 2. The number of likely N-dealkylation sites (tertiary alicyclic amines) is 1. The summed E-state index contributed by atoms with van der Waals surface area (Å²) in [6.07, 6.45) is 4.44. The van der Waals surface area contributed by atoms with Gasteiger partial charge in [0.25, 0.3) is 0 Å². The predicted molar refractivity (Wildman–Crippen MR) is 71.9 cm³/mol. The molecule has 2 amide bonds. The highest BCUT2D eigenvalue weighted by Gasteiger charge is 2.36. The summed E-state index contributed by atoms with van der Waals surface area (Å²) in [5.41, 5.74) is 1.18. The Labute approximate surface area is 113 Å². The van der Waals surface area contributed by atoms with E-state index in [1.54, 1.807) is 9.80 Å². The molecule has 0 saturated carbocycles. The van der Waals surface area contributed by atoms with Crippen LogP contribution < -0.4 is 0 Å². The van der Waals surface area contributed by atoms with E-state index in [4.69, 9.17) is 0 Å². The van der Waals surface area contributed by atoms with Gasteiger partial charge in [-0.05, 0) is 32.1 Å². The second-order valence-electron chi connectivity index (χ2n) is 5.72. The number of piperidine rings is 1. The lowest BCUT2D eigenvalue weighted by molar-refractivity contribution is -0.144. The number of aliphatic carboxylic acids is 1. The number of carbonyl (C=O) groups is 2. The van der Waals surface area contributed by atoms with E-state index in [2.05, 4.69) is 6.08 Å². The Bertz CT molecular complexity index is 405. The Morgan fingerprint density at radius 2 is 2.11 bits per heavy atom. The van der Waals surface area contributed by atoms with Crippen LogP contribution in [0.1, 0.15) is 33.1 Å². The highest BCUT2D eigenvalue weighted by Crippen LogP contribution is 2.24. The Hall–Kier alpha value is -1.52. The molecule has 0 bridgehead atoms. The van der Waals surface area contributed by atoms with E-state index in [0.29, 0.717) is 32.0 Å². The second kappa shape index (κ2) is 5.63. The number of carboxylic acids is 1. The molecule has 19 heavy (non-hydrogen) atoms. The average molecular weight is 266 g/mol. The highest BCUT2D eigenvalue weighted by molar-refractivity contribution is 5.83. The fourth-order valence-corrected chi connectivity index (χ4v) is 2.86. The Morgan fingerprint density at radius 1 is 1.37 bits per heavy atom. The Balaban J connectivity index is 2.08. The number of rotatable bonds is 1. The normalized spacial score (nSPS) is 28.0. The van der Waals surface area contributed by atoms with Crippen LogP contribution >= 0.6 is 0 Å². The van der Waals surface area contributed by atoms with Crippen molar-refractivity contribution in [3.63, 3.8) is 0 Å². The first-order valence-corrected chi connectivity index (χ1v) is 6.93. The lowest BCUT2D eigenvalue weighted by atomic mass is 9.92. The highest BCUT2D eigenvalue weighted by atomic mass is 16.4.